The van der Waals surface area contributed by atoms with Crippen molar-refractivity contribution in [1.82, 2.24) is 14.9 Å². The van der Waals surface area contributed by atoms with E-state index in [0.29, 0.717) is 6.42 Å². The molecule has 14 heteroatoms. The number of benzene rings is 1. The number of hydrogen-bond acceptors (Lipinski definition) is 7. The van der Waals surface area contributed by atoms with E-state index in [-0.39, 0.29) is 42.8 Å². The first-order valence-corrected chi connectivity index (χ1v) is 11.7. The Morgan fingerprint density at radius 3 is 2.18 bits per heavy atom. The molecule has 0 bridgehead atoms. The van der Waals surface area contributed by atoms with Crippen LogP contribution in [0, 0.1) is 0 Å². The highest BCUT2D eigenvalue weighted by Crippen LogP contribution is 2.26. The van der Waals surface area contributed by atoms with Crippen LogP contribution >= 0.6 is 0 Å². The lowest BCUT2D eigenvalue weighted by molar-refractivity contribution is -0.141. The number of nitrogens with one attached hydrogen (secondary N) is 2. The molecule has 0 aliphatic carbocycles. The van der Waals surface area contributed by atoms with Crippen LogP contribution < -0.4 is 10.6 Å². The summed E-state index contributed by atoms with van der Waals surface area (Å²) in [6.45, 7) is -0.0440. The maximum absolute atomic E-state index is 13.0. The van der Waals surface area contributed by atoms with Gasteiger partial charge in [0.15, 0.2) is 0 Å². The second-order valence-corrected chi connectivity index (χ2v) is 9.42. The van der Waals surface area contributed by atoms with Gasteiger partial charge in [0, 0.05) is 25.1 Å². The second-order valence-electron chi connectivity index (χ2n) is 7.53. The third kappa shape index (κ3) is 6.99. The molecule has 1 fully saturated rings. The summed E-state index contributed by atoms with van der Waals surface area (Å²) in [7, 11) is -4.11. The molecule has 2 rings (SSSR count). The fraction of sp³-hybridized carbons (Fsp3) is 0.450. The number of hydrogen-bond donors (Lipinski definition) is 5. The van der Waals surface area contributed by atoms with Crippen molar-refractivity contribution in [3.05, 3.63) is 29.8 Å². The summed E-state index contributed by atoms with van der Waals surface area (Å²) in [4.78, 5) is 57.0. The highest BCUT2D eigenvalue weighted by atomic mass is 32.2. The average Bonchev–Trinajstić information content (AvgIpc) is 3.27. The number of nitrogens with zero attached hydrogens (tertiary/aromatic N) is 1. The van der Waals surface area contributed by atoms with E-state index in [1.165, 1.54) is 12.1 Å². The summed E-state index contributed by atoms with van der Waals surface area (Å²) in [5.41, 5.74) is -0.0371. The zero-order chi connectivity index (χ0) is 25.5. The number of carbonyl (C=O) groups is 5. The number of aliphatic carboxylic acids is 3. The maximum atomic E-state index is 13.0. The van der Waals surface area contributed by atoms with E-state index >= 15 is 0 Å². The lowest BCUT2D eigenvalue weighted by Gasteiger charge is -2.23. The molecule has 34 heavy (non-hydrogen) atoms. The molecule has 5 N–H and O–H groups in total. The first-order chi connectivity index (χ1) is 15.9. The van der Waals surface area contributed by atoms with Crippen molar-refractivity contribution in [2.75, 3.05) is 13.1 Å². The van der Waals surface area contributed by atoms with Gasteiger partial charge >= 0.3 is 17.9 Å². The average molecular weight is 499 g/mol. The third-order valence-corrected chi connectivity index (χ3v) is 7.04. The standard InChI is InChI=1S/C20H25N3O10S/c24-16(25)8-7-14(20(30)31)22-18(28)12-3-5-13(6-4-12)34(32,33)23-11-1-2-15(23)19(29)21-10-9-17(26)27/h3-6,14-15H,1-2,7-11H2,(H,21,29)(H,22,28)(H,24,25)(H,26,27)(H,30,31)/t14?,15-/m1/s1. The highest BCUT2D eigenvalue weighted by molar-refractivity contribution is 7.89. The zero-order valence-corrected chi connectivity index (χ0v) is 18.8. The molecule has 0 aromatic heterocycles. The summed E-state index contributed by atoms with van der Waals surface area (Å²) in [6.07, 6.45) is -0.383. The summed E-state index contributed by atoms with van der Waals surface area (Å²) in [6, 6.07) is 2.22. The number of amides is 2. The molecule has 2 amide bonds. The van der Waals surface area contributed by atoms with Gasteiger partial charge in [-0.3, -0.25) is 19.2 Å². The fourth-order valence-corrected chi connectivity index (χ4v) is 5.04. The van der Waals surface area contributed by atoms with Crippen LogP contribution in [-0.4, -0.2) is 82.9 Å². The Balaban J connectivity index is 2.10. The minimum atomic E-state index is -4.11. The summed E-state index contributed by atoms with van der Waals surface area (Å²) in [5, 5.41) is 31.1. The normalized spacial score (nSPS) is 17.0. The molecule has 0 spiro atoms. The van der Waals surface area contributed by atoms with Crippen LogP contribution in [0.1, 0.15) is 42.5 Å². The minimum Gasteiger partial charge on any atom is -0.481 e. The molecule has 1 saturated heterocycles. The first-order valence-electron chi connectivity index (χ1n) is 10.3. The smallest absolute Gasteiger partial charge is 0.326 e. The van der Waals surface area contributed by atoms with Crippen LogP contribution in [0.4, 0.5) is 0 Å². The highest BCUT2D eigenvalue weighted by Gasteiger charge is 2.39. The molecule has 0 saturated carbocycles. The summed E-state index contributed by atoms with van der Waals surface area (Å²) in [5.74, 6) is -5.14. The van der Waals surface area contributed by atoms with E-state index in [2.05, 4.69) is 10.6 Å². The Morgan fingerprint density at radius 2 is 1.62 bits per heavy atom. The van der Waals surface area contributed by atoms with Crippen LogP contribution in [0.3, 0.4) is 0 Å². The van der Waals surface area contributed by atoms with Crippen molar-refractivity contribution in [3.8, 4) is 0 Å². The zero-order valence-electron chi connectivity index (χ0n) is 18.0. The van der Waals surface area contributed by atoms with E-state index in [0.717, 1.165) is 16.4 Å². The van der Waals surface area contributed by atoms with Gasteiger partial charge in [-0.1, -0.05) is 0 Å². The van der Waals surface area contributed by atoms with Crippen molar-refractivity contribution in [2.45, 2.75) is 49.1 Å². The molecule has 1 aliphatic rings. The lowest BCUT2D eigenvalue weighted by atomic mass is 10.1. The van der Waals surface area contributed by atoms with Gasteiger partial charge in [-0.2, -0.15) is 4.31 Å². The van der Waals surface area contributed by atoms with Gasteiger partial charge in [0.2, 0.25) is 15.9 Å². The lowest BCUT2D eigenvalue weighted by Crippen LogP contribution is -2.46. The predicted octanol–water partition coefficient (Wildman–Crippen LogP) is -0.522. The monoisotopic (exact) mass is 499 g/mol. The van der Waals surface area contributed by atoms with E-state index in [9.17, 15) is 32.4 Å². The molecule has 1 aromatic rings. The number of sulfonamides is 1. The maximum Gasteiger partial charge on any atom is 0.326 e. The van der Waals surface area contributed by atoms with E-state index in [4.69, 9.17) is 15.3 Å². The number of carboxylic acid groups (broad SMARTS) is 3. The molecule has 2 atom stereocenters. The quantitative estimate of drug-likeness (QED) is 0.248. The Labute approximate surface area is 194 Å². The molecule has 0 radical (unpaired) electrons. The van der Waals surface area contributed by atoms with Gasteiger partial charge in [-0.15, -0.1) is 0 Å². The molecule has 13 nitrogen and oxygen atoms in total. The molecule has 186 valence electrons. The van der Waals surface area contributed by atoms with Gasteiger partial charge in [-0.25, -0.2) is 13.2 Å². The van der Waals surface area contributed by atoms with Gasteiger partial charge < -0.3 is 26.0 Å². The van der Waals surface area contributed by atoms with Crippen molar-refractivity contribution < 1.29 is 47.7 Å². The van der Waals surface area contributed by atoms with E-state index < -0.39 is 58.3 Å². The van der Waals surface area contributed by atoms with Gasteiger partial charge in [0.05, 0.1) is 11.3 Å². The Kier molecular flexibility index (Phi) is 9.09. The van der Waals surface area contributed by atoms with Crippen molar-refractivity contribution in [1.29, 1.82) is 0 Å². The molecule has 1 aliphatic heterocycles. The Hall–Kier alpha value is -3.52. The molecular weight excluding hydrogens is 474 g/mol. The van der Waals surface area contributed by atoms with Crippen LogP contribution in [0.5, 0.6) is 0 Å². The van der Waals surface area contributed by atoms with E-state index in [1.54, 1.807) is 0 Å². The van der Waals surface area contributed by atoms with Crippen LogP contribution in [-0.2, 0) is 29.2 Å². The molecule has 1 unspecified atom stereocenters. The van der Waals surface area contributed by atoms with Crippen LogP contribution in [0.25, 0.3) is 0 Å². The van der Waals surface area contributed by atoms with E-state index in [1.807, 2.05) is 0 Å². The van der Waals surface area contributed by atoms with Crippen molar-refractivity contribution in [3.63, 3.8) is 0 Å². The molecule has 1 heterocycles. The van der Waals surface area contributed by atoms with Crippen molar-refractivity contribution >= 4 is 39.7 Å². The number of rotatable bonds is 12. The number of carbonyl (C=O) groups excluding carboxylic acids is 2. The van der Waals surface area contributed by atoms with Gasteiger partial charge in [0.1, 0.15) is 12.1 Å². The Bertz CT molecular complexity index is 1050. The molecule has 1 aromatic carbocycles. The summed E-state index contributed by atoms with van der Waals surface area (Å²) < 4.78 is 27.1. The largest absolute Gasteiger partial charge is 0.481 e. The fourth-order valence-electron chi connectivity index (χ4n) is 3.38. The van der Waals surface area contributed by atoms with Gasteiger partial charge in [0.25, 0.3) is 5.91 Å². The predicted molar refractivity (Wildman–Crippen MR) is 114 cm³/mol. The van der Waals surface area contributed by atoms with Gasteiger partial charge in [-0.05, 0) is 43.5 Å². The topological polar surface area (TPSA) is 207 Å². The summed E-state index contributed by atoms with van der Waals surface area (Å²) >= 11 is 0. The SMILES string of the molecule is O=C(O)CCNC(=O)[C@H]1CCCN1S(=O)(=O)c1ccc(C(=O)NC(CCC(=O)O)C(=O)O)cc1. The molecular formula is C20H25N3O10S. The number of carboxylic acids is 3. The first kappa shape index (κ1) is 26.7. The second kappa shape index (κ2) is 11.6. The van der Waals surface area contributed by atoms with Crippen LogP contribution in [0.2, 0.25) is 0 Å². The van der Waals surface area contributed by atoms with Crippen molar-refractivity contribution in [2.24, 2.45) is 0 Å². The Morgan fingerprint density at radius 1 is 1.00 bits per heavy atom. The van der Waals surface area contributed by atoms with Crippen LogP contribution in [0.15, 0.2) is 29.2 Å². The third-order valence-electron chi connectivity index (χ3n) is 5.12. The minimum absolute atomic E-state index is 0.0371.